The van der Waals surface area contributed by atoms with E-state index < -0.39 is 9.84 Å². The van der Waals surface area contributed by atoms with Crippen LogP contribution >= 0.6 is 0 Å². The molecule has 1 aromatic rings. The molecule has 2 aliphatic rings. The molecule has 0 radical (unpaired) electrons. The molecule has 1 atom stereocenters. The number of anilines is 1. The summed E-state index contributed by atoms with van der Waals surface area (Å²) in [6.07, 6.45) is 5.80. The zero-order valence-corrected chi connectivity index (χ0v) is 15.7. The lowest BCUT2D eigenvalue weighted by Gasteiger charge is -2.31. The average Bonchev–Trinajstić information content (AvgIpc) is 3.15. The van der Waals surface area contributed by atoms with Gasteiger partial charge in [-0.1, -0.05) is 19.8 Å². The van der Waals surface area contributed by atoms with Crippen molar-refractivity contribution in [3.8, 4) is 0 Å². The molecule has 6 heteroatoms. The van der Waals surface area contributed by atoms with Crippen LogP contribution in [-0.4, -0.2) is 44.1 Å². The van der Waals surface area contributed by atoms with Gasteiger partial charge in [0, 0.05) is 18.8 Å². The van der Waals surface area contributed by atoms with Crippen LogP contribution < -0.4 is 5.32 Å². The molecule has 1 unspecified atom stereocenters. The quantitative estimate of drug-likeness (QED) is 0.872. The molecule has 25 heavy (non-hydrogen) atoms. The maximum Gasteiger partial charge on any atom is 0.241 e. The highest BCUT2D eigenvalue weighted by Gasteiger charge is 2.30. The Labute approximate surface area is 150 Å². The van der Waals surface area contributed by atoms with Gasteiger partial charge in [0.15, 0.2) is 9.84 Å². The molecule has 0 spiro atoms. The van der Waals surface area contributed by atoms with Crippen LogP contribution in [0.4, 0.5) is 5.69 Å². The lowest BCUT2D eigenvalue weighted by atomic mass is 10.0. The third-order valence-corrected chi connectivity index (χ3v) is 7.66. The van der Waals surface area contributed by atoms with Gasteiger partial charge in [-0.15, -0.1) is 0 Å². The highest BCUT2D eigenvalue weighted by atomic mass is 32.2. The molecule has 1 aliphatic heterocycles. The van der Waals surface area contributed by atoms with Crippen LogP contribution in [0.2, 0.25) is 0 Å². The number of nitrogens with zero attached hydrogens (tertiary/aromatic N) is 1. The van der Waals surface area contributed by atoms with Crippen LogP contribution in [0.15, 0.2) is 29.2 Å². The van der Waals surface area contributed by atoms with Crippen molar-refractivity contribution in [3.63, 3.8) is 0 Å². The van der Waals surface area contributed by atoms with Gasteiger partial charge in [0.1, 0.15) is 0 Å². The summed E-state index contributed by atoms with van der Waals surface area (Å²) in [6, 6.07) is 6.83. The number of hydrogen-bond acceptors (Lipinski definition) is 4. The molecule has 2 fully saturated rings. The first-order valence-corrected chi connectivity index (χ1v) is 10.9. The number of carbonyl (C=O) groups is 1. The van der Waals surface area contributed by atoms with E-state index in [0.717, 1.165) is 50.9 Å². The molecule has 3 rings (SSSR count). The van der Waals surface area contributed by atoms with E-state index in [0.29, 0.717) is 10.8 Å². The molecule has 1 aromatic carbocycles. The molecule has 1 saturated heterocycles. The van der Waals surface area contributed by atoms with E-state index in [1.165, 1.54) is 6.42 Å². The number of likely N-dealkylation sites (tertiary alicyclic amines) is 1. The summed E-state index contributed by atoms with van der Waals surface area (Å²) >= 11 is 0. The predicted octanol–water partition coefficient (Wildman–Crippen LogP) is 3.07. The second kappa shape index (κ2) is 7.77. The Balaban J connectivity index is 1.56. The monoisotopic (exact) mass is 364 g/mol. The van der Waals surface area contributed by atoms with Gasteiger partial charge in [-0.25, -0.2) is 8.42 Å². The smallest absolute Gasteiger partial charge is 0.241 e. The number of nitrogens with one attached hydrogen (secondary N) is 1. The van der Waals surface area contributed by atoms with E-state index in [1.807, 2.05) is 4.90 Å². The third-order valence-electron chi connectivity index (χ3n) is 5.38. The van der Waals surface area contributed by atoms with Gasteiger partial charge >= 0.3 is 0 Å². The van der Waals surface area contributed by atoms with Crippen molar-refractivity contribution in [2.75, 3.05) is 25.0 Å². The fourth-order valence-corrected chi connectivity index (χ4v) is 5.71. The Kier molecular flexibility index (Phi) is 5.67. The van der Waals surface area contributed by atoms with Gasteiger partial charge in [0.05, 0.1) is 16.7 Å². The number of rotatable bonds is 5. The first-order chi connectivity index (χ1) is 12.0. The molecule has 1 heterocycles. The minimum Gasteiger partial charge on any atom is -0.376 e. The van der Waals surface area contributed by atoms with Gasteiger partial charge in [-0.3, -0.25) is 4.79 Å². The number of amides is 1. The van der Waals surface area contributed by atoms with Crippen molar-refractivity contribution < 1.29 is 13.2 Å². The standard InChI is InChI=1S/C19H28N2O3S/c1-15-5-4-12-21(14-15)19(22)13-20-16-8-10-18(11-9-16)25(23,24)17-6-2-3-7-17/h8-11,15,17,20H,2-7,12-14H2,1H3. The minimum atomic E-state index is -3.21. The van der Waals surface area contributed by atoms with Gasteiger partial charge in [0.2, 0.25) is 5.91 Å². The molecule has 1 aliphatic carbocycles. The second-order valence-electron chi connectivity index (χ2n) is 7.42. The first-order valence-electron chi connectivity index (χ1n) is 9.32. The molecule has 1 N–H and O–H groups in total. The summed E-state index contributed by atoms with van der Waals surface area (Å²) in [5.74, 6) is 0.673. The van der Waals surface area contributed by atoms with Crippen LogP contribution in [0.5, 0.6) is 0 Å². The van der Waals surface area contributed by atoms with E-state index in [1.54, 1.807) is 24.3 Å². The minimum absolute atomic E-state index is 0.106. The Morgan fingerprint density at radius 1 is 1.12 bits per heavy atom. The van der Waals surface area contributed by atoms with Crippen molar-refractivity contribution in [2.24, 2.45) is 5.92 Å². The van der Waals surface area contributed by atoms with E-state index in [-0.39, 0.29) is 17.7 Å². The zero-order chi connectivity index (χ0) is 17.9. The number of hydrogen-bond donors (Lipinski definition) is 1. The number of benzene rings is 1. The summed E-state index contributed by atoms with van der Waals surface area (Å²) < 4.78 is 25.1. The first kappa shape index (κ1) is 18.2. The van der Waals surface area contributed by atoms with Gasteiger partial charge in [-0.2, -0.15) is 0 Å². The van der Waals surface area contributed by atoms with Crippen molar-refractivity contribution in [2.45, 2.75) is 55.6 Å². The van der Waals surface area contributed by atoms with Crippen LogP contribution in [-0.2, 0) is 14.6 Å². The van der Waals surface area contributed by atoms with Crippen molar-refractivity contribution in [3.05, 3.63) is 24.3 Å². The third kappa shape index (κ3) is 4.35. The Bertz CT molecular complexity index is 694. The fourth-order valence-electron chi connectivity index (χ4n) is 3.86. The highest BCUT2D eigenvalue weighted by Crippen LogP contribution is 2.30. The molecular formula is C19H28N2O3S. The van der Waals surface area contributed by atoms with E-state index in [2.05, 4.69) is 12.2 Å². The summed E-state index contributed by atoms with van der Waals surface area (Å²) in [5, 5.41) is 2.89. The van der Waals surface area contributed by atoms with E-state index in [4.69, 9.17) is 0 Å². The summed E-state index contributed by atoms with van der Waals surface area (Å²) in [7, 11) is -3.21. The maximum atomic E-state index is 12.6. The topological polar surface area (TPSA) is 66.5 Å². The summed E-state index contributed by atoms with van der Waals surface area (Å²) in [4.78, 5) is 14.6. The lowest BCUT2D eigenvalue weighted by Crippen LogP contribution is -2.41. The maximum absolute atomic E-state index is 12.6. The predicted molar refractivity (Wildman–Crippen MR) is 99.4 cm³/mol. The molecule has 0 bridgehead atoms. The van der Waals surface area contributed by atoms with Gasteiger partial charge in [-0.05, 0) is 55.9 Å². The summed E-state index contributed by atoms with van der Waals surface area (Å²) in [5.41, 5.74) is 0.781. The van der Waals surface area contributed by atoms with Crippen LogP contribution in [0.3, 0.4) is 0 Å². The van der Waals surface area contributed by atoms with Crippen molar-refractivity contribution in [1.29, 1.82) is 0 Å². The molecule has 0 aromatic heterocycles. The Morgan fingerprint density at radius 2 is 1.80 bits per heavy atom. The Morgan fingerprint density at radius 3 is 2.44 bits per heavy atom. The zero-order valence-electron chi connectivity index (χ0n) is 14.9. The molecule has 1 saturated carbocycles. The van der Waals surface area contributed by atoms with Crippen LogP contribution in [0, 0.1) is 5.92 Å². The number of sulfone groups is 1. The molecular weight excluding hydrogens is 336 g/mol. The Hall–Kier alpha value is -1.56. The van der Waals surface area contributed by atoms with Gasteiger partial charge in [0.25, 0.3) is 0 Å². The summed E-state index contributed by atoms with van der Waals surface area (Å²) in [6.45, 7) is 4.10. The molecule has 138 valence electrons. The van der Waals surface area contributed by atoms with E-state index in [9.17, 15) is 13.2 Å². The average molecular weight is 365 g/mol. The molecule has 5 nitrogen and oxygen atoms in total. The van der Waals surface area contributed by atoms with Crippen LogP contribution in [0.25, 0.3) is 0 Å². The molecule has 1 amide bonds. The van der Waals surface area contributed by atoms with Crippen molar-refractivity contribution in [1.82, 2.24) is 4.90 Å². The van der Waals surface area contributed by atoms with E-state index >= 15 is 0 Å². The van der Waals surface area contributed by atoms with Crippen molar-refractivity contribution >= 4 is 21.4 Å². The highest BCUT2D eigenvalue weighted by molar-refractivity contribution is 7.92. The largest absolute Gasteiger partial charge is 0.376 e. The van der Waals surface area contributed by atoms with Gasteiger partial charge < -0.3 is 10.2 Å². The van der Waals surface area contributed by atoms with Crippen LogP contribution in [0.1, 0.15) is 45.4 Å². The number of piperidine rings is 1. The second-order valence-corrected chi connectivity index (χ2v) is 9.64. The normalized spacial score (nSPS) is 22.1. The fraction of sp³-hybridized carbons (Fsp3) is 0.632. The SMILES string of the molecule is CC1CCCN(C(=O)CNc2ccc(S(=O)(=O)C3CCCC3)cc2)C1. The lowest BCUT2D eigenvalue weighted by molar-refractivity contribution is -0.130. The number of carbonyl (C=O) groups excluding carboxylic acids is 1.